The molecule has 7 heteroatoms. The van der Waals surface area contributed by atoms with Crippen molar-refractivity contribution in [1.82, 2.24) is 0 Å². The summed E-state index contributed by atoms with van der Waals surface area (Å²) in [6.45, 7) is 1.98. The molecule has 0 saturated carbocycles. The monoisotopic (exact) mass is 425 g/mol. The minimum Gasteiger partial charge on any atom is -0.478 e. The molecule has 2 N–H and O–H groups in total. The molecule has 3 heterocycles. The van der Waals surface area contributed by atoms with Gasteiger partial charge in [0.2, 0.25) is 0 Å². The predicted octanol–water partition coefficient (Wildman–Crippen LogP) is 6.46. The third-order valence-electron chi connectivity index (χ3n) is 4.19. The van der Waals surface area contributed by atoms with Gasteiger partial charge in [-0.15, -0.1) is 34.0 Å². The van der Waals surface area contributed by atoms with Crippen molar-refractivity contribution in [3.8, 4) is 20.9 Å². The Morgan fingerprint density at radius 2 is 1.75 bits per heavy atom. The maximum atomic E-state index is 12.7. The number of anilines is 1. The van der Waals surface area contributed by atoms with E-state index in [9.17, 15) is 14.7 Å². The van der Waals surface area contributed by atoms with Crippen LogP contribution in [-0.4, -0.2) is 17.0 Å². The van der Waals surface area contributed by atoms with E-state index < -0.39 is 5.97 Å². The molecule has 4 rings (SSSR count). The lowest BCUT2D eigenvalue weighted by Gasteiger charge is -2.05. The normalized spacial score (nSPS) is 10.8. The highest BCUT2D eigenvalue weighted by Gasteiger charge is 2.22. The molecule has 4 aromatic rings. The zero-order chi connectivity index (χ0) is 19.7. The molecule has 0 aliphatic heterocycles. The van der Waals surface area contributed by atoms with Gasteiger partial charge in [-0.3, -0.25) is 4.79 Å². The summed E-state index contributed by atoms with van der Waals surface area (Å²) in [6, 6.07) is 15.3. The maximum Gasteiger partial charge on any atom is 0.339 e. The van der Waals surface area contributed by atoms with Gasteiger partial charge in [-0.05, 0) is 36.1 Å². The molecular formula is C21H15NO3S3. The molecule has 0 aliphatic carbocycles. The summed E-state index contributed by atoms with van der Waals surface area (Å²) in [7, 11) is 0. The number of carboxylic acids is 1. The first-order valence-electron chi connectivity index (χ1n) is 8.40. The number of hydrogen-bond acceptors (Lipinski definition) is 5. The van der Waals surface area contributed by atoms with Gasteiger partial charge in [-0.25, -0.2) is 4.79 Å². The van der Waals surface area contributed by atoms with Gasteiger partial charge in [0.15, 0.2) is 0 Å². The molecule has 0 saturated heterocycles. The summed E-state index contributed by atoms with van der Waals surface area (Å²) in [6.07, 6.45) is 0. The van der Waals surface area contributed by atoms with E-state index in [0.29, 0.717) is 15.4 Å². The Balaban J connectivity index is 1.62. The molecule has 4 nitrogen and oxygen atoms in total. The van der Waals surface area contributed by atoms with Crippen molar-refractivity contribution < 1.29 is 14.7 Å². The average molecular weight is 426 g/mol. The Hall–Kier alpha value is -2.74. The summed E-state index contributed by atoms with van der Waals surface area (Å²) in [5.74, 6) is -1.36. The maximum absolute atomic E-state index is 12.7. The van der Waals surface area contributed by atoms with Gasteiger partial charge in [-0.1, -0.05) is 35.9 Å². The van der Waals surface area contributed by atoms with E-state index in [2.05, 4.69) is 5.32 Å². The van der Waals surface area contributed by atoms with E-state index >= 15 is 0 Å². The van der Waals surface area contributed by atoms with E-state index in [4.69, 9.17) is 0 Å². The topological polar surface area (TPSA) is 66.4 Å². The van der Waals surface area contributed by atoms with Gasteiger partial charge >= 0.3 is 5.97 Å². The second kappa shape index (κ2) is 7.71. The fourth-order valence-electron chi connectivity index (χ4n) is 2.78. The third-order valence-corrected chi connectivity index (χ3v) is 7.23. The van der Waals surface area contributed by atoms with E-state index in [1.807, 2.05) is 54.8 Å². The number of aryl methyl sites for hydroxylation is 1. The van der Waals surface area contributed by atoms with Crippen LogP contribution in [0.15, 0.2) is 59.3 Å². The third kappa shape index (κ3) is 3.64. The summed E-state index contributed by atoms with van der Waals surface area (Å²) in [5.41, 5.74) is 2.65. The largest absolute Gasteiger partial charge is 0.478 e. The van der Waals surface area contributed by atoms with Crippen molar-refractivity contribution in [3.05, 3.63) is 75.3 Å². The lowest BCUT2D eigenvalue weighted by atomic mass is 10.0. The van der Waals surface area contributed by atoms with Crippen LogP contribution in [0.1, 0.15) is 25.6 Å². The van der Waals surface area contributed by atoms with Gasteiger partial charge in [0.05, 0.1) is 4.88 Å². The van der Waals surface area contributed by atoms with Gasteiger partial charge in [0, 0.05) is 20.7 Å². The molecule has 0 atom stereocenters. The van der Waals surface area contributed by atoms with Crippen molar-refractivity contribution in [2.75, 3.05) is 5.32 Å². The molecular weight excluding hydrogens is 410 g/mol. The number of amides is 1. The Labute approximate surface area is 173 Å². The number of nitrogens with one attached hydrogen (secondary N) is 1. The lowest BCUT2D eigenvalue weighted by molar-refractivity contribution is 0.0699. The van der Waals surface area contributed by atoms with Crippen molar-refractivity contribution in [3.63, 3.8) is 0 Å². The molecule has 3 aromatic heterocycles. The molecule has 0 aliphatic rings. The van der Waals surface area contributed by atoms with Crippen LogP contribution in [0.4, 0.5) is 5.00 Å². The first kappa shape index (κ1) is 18.6. The standard InChI is InChI=1S/C21H15NO3S3/c1-12-4-6-13(7-5-12)14-11-27-20(18(14)21(24)25)22-19(23)17-9-8-16(28-17)15-3-2-10-26-15/h2-11H,1H3,(H,22,23)(H,24,25). The molecule has 0 unspecified atom stereocenters. The Morgan fingerprint density at radius 3 is 2.43 bits per heavy atom. The fraction of sp³-hybridized carbons (Fsp3) is 0.0476. The Morgan fingerprint density at radius 1 is 0.964 bits per heavy atom. The number of carbonyl (C=O) groups is 2. The number of thiophene rings is 3. The van der Waals surface area contributed by atoms with Crippen molar-refractivity contribution in [2.24, 2.45) is 0 Å². The lowest BCUT2D eigenvalue weighted by Crippen LogP contribution is -2.12. The molecule has 28 heavy (non-hydrogen) atoms. The summed E-state index contributed by atoms with van der Waals surface area (Å²) in [4.78, 5) is 27.2. The van der Waals surface area contributed by atoms with Crippen LogP contribution >= 0.6 is 34.0 Å². The summed E-state index contributed by atoms with van der Waals surface area (Å²) >= 11 is 4.23. The van der Waals surface area contributed by atoms with Crippen LogP contribution in [-0.2, 0) is 0 Å². The van der Waals surface area contributed by atoms with Crippen LogP contribution in [0.25, 0.3) is 20.9 Å². The fourth-order valence-corrected chi connectivity index (χ4v) is 5.48. The van der Waals surface area contributed by atoms with E-state index in [-0.39, 0.29) is 11.5 Å². The van der Waals surface area contributed by atoms with Crippen LogP contribution in [0.2, 0.25) is 0 Å². The zero-order valence-electron chi connectivity index (χ0n) is 14.8. The zero-order valence-corrected chi connectivity index (χ0v) is 17.2. The van der Waals surface area contributed by atoms with Crippen LogP contribution in [0.5, 0.6) is 0 Å². The first-order valence-corrected chi connectivity index (χ1v) is 11.0. The minimum absolute atomic E-state index is 0.122. The van der Waals surface area contributed by atoms with Crippen molar-refractivity contribution in [2.45, 2.75) is 6.92 Å². The van der Waals surface area contributed by atoms with E-state index in [0.717, 1.165) is 20.9 Å². The number of carbonyl (C=O) groups excluding carboxylic acids is 1. The van der Waals surface area contributed by atoms with Crippen molar-refractivity contribution >= 4 is 50.9 Å². The molecule has 140 valence electrons. The van der Waals surface area contributed by atoms with E-state index in [1.54, 1.807) is 22.8 Å². The first-order chi connectivity index (χ1) is 13.5. The summed E-state index contributed by atoms with van der Waals surface area (Å²) < 4.78 is 0. The SMILES string of the molecule is Cc1ccc(-c2csc(NC(=O)c3ccc(-c4cccs4)s3)c2C(=O)O)cc1. The van der Waals surface area contributed by atoms with Gasteiger partial charge in [0.1, 0.15) is 10.6 Å². The highest BCUT2D eigenvalue weighted by molar-refractivity contribution is 7.22. The van der Waals surface area contributed by atoms with Gasteiger partial charge in [-0.2, -0.15) is 0 Å². The number of aromatic carboxylic acids is 1. The van der Waals surface area contributed by atoms with E-state index in [1.165, 1.54) is 22.7 Å². The van der Waals surface area contributed by atoms with Crippen LogP contribution in [0, 0.1) is 6.92 Å². The molecule has 1 amide bonds. The number of hydrogen-bond donors (Lipinski definition) is 2. The molecule has 1 aromatic carbocycles. The Bertz CT molecular complexity index is 1140. The highest BCUT2D eigenvalue weighted by atomic mass is 32.1. The number of carboxylic acid groups (broad SMARTS) is 1. The van der Waals surface area contributed by atoms with Gasteiger partial charge in [0.25, 0.3) is 5.91 Å². The molecule has 0 radical (unpaired) electrons. The minimum atomic E-state index is -1.06. The molecule has 0 bridgehead atoms. The Kier molecular flexibility index (Phi) is 5.13. The molecule has 0 spiro atoms. The molecule has 0 fully saturated rings. The second-order valence-electron chi connectivity index (χ2n) is 6.12. The van der Waals surface area contributed by atoms with Crippen LogP contribution in [0.3, 0.4) is 0 Å². The number of benzene rings is 1. The highest BCUT2D eigenvalue weighted by Crippen LogP contribution is 2.37. The number of rotatable bonds is 5. The quantitative estimate of drug-likeness (QED) is 0.385. The summed E-state index contributed by atoms with van der Waals surface area (Å²) in [5, 5.41) is 16.6. The smallest absolute Gasteiger partial charge is 0.339 e. The predicted molar refractivity (Wildman–Crippen MR) is 117 cm³/mol. The average Bonchev–Trinajstić information content (AvgIpc) is 3.42. The van der Waals surface area contributed by atoms with Crippen molar-refractivity contribution in [1.29, 1.82) is 0 Å². The van der Waals surface area contributed by atoms with Crippen LogP contribution < -0.4 is 5.32 Å². The van der Waals surface area contributed by atoms with Gasteiger partial charge < -0.3 is 10.4 Å². The second-order valence-corrected chi connectivity index (χ2v) is 9.03.